The first-order chi connectivity index (χ1) is 18.2. The number of hydrogen-bond donors (Lipinski definition) is 1. The Balaban J connectivity index is 1.32. The Kier molecular flexibility index (Phi) is 5.62. The normalized spacial score (nSPS) is 18.8. The highest BCUT2D eigenvalue weighted by molar-refractivity contribution is 6.21. The lowest BCUT2D eigenvalue weighted by Crippen LogP contribution is -2.36. The molecule has 10 heteroatoms. The molecule has 0 bridgehead atoms. The van der Waals surface area contributed by atoms with Crippen LogP contribution in [0.3, 0.4) is 0 Å². The van der Waals surface area contributed by atoms with E-state index in [0.717, 1.165) is 42.9 Å². The number of aromatic nitrogens is 2. The van der Waals surface area contributed by atoms with E-state index in [1.807, 2.05) is 6.92 Å². The third kappa shape index (κ3) is 3.87. The summed E-state index contributed by atoms with van der Waals surface area (Å²) in [5.74, 6) is -2.59. The number of piperidine rings is 1. The van der Waals surface area contributed by atoms with E-state index in [0.29, 0.717) is 24.2 Å². The predicted molar refractivity (Wildman–Crippen MR) is 137 cm³/mol. The standard InChI is InChI=1S/C28H25FN4O5/c1-15(12-33-26(35)18-6-2-3-7-19(18)27(33)36)16-5-4-10-31(13-16)25-22(29)11-20-23(34)21(28(37)38)14-32(17-8-9-17)24(20)30-25/h2-3,6-7,11,14,17H,4-5,8-10,12-13H2,1H3,(H,37,38)/b16-15-. The fourth-order valence-corrected chi connectivity index (χ4v) is 5.38. The molecule has 1 saturated carbocycles. The molecule has 9 nitrogen and oxygen atoms in total. The van der Waals surface area contributed by atoms with Gasteiger partial charge in [0, 0.05) is 25.3 Å². The smallest absolute Gasteiger partial charge is 0.341 e. The average molecular weight is 517 g/mol. The molecule has 2 fully saturated rings. The van der Waals surface area contributed by atoms with Gasteiger partial charge in [0.1, 0.15) is 11.2 Å². The summed E-state index contributed by atoms with van der Waals surface area (Å²) in [6, 6.07) is 7.88. The van der Waals surface area contributed by atoms with Gasteiger partial charge in [0.25, 0.3) is 11.8 Å². The highest BCUT2D eigenvalue weighted by Crippen LogP contribution is 2.37. The number of carbonyl (C=O) groups is 3. The lowest BCUT2D eigenvalue weighted by molar-refractivity contribution is 0.0662. The molecule has 0 atom stereocenters. The molecule has 1 aliphatic carbocycles. The number of carbonyl (C=O) groups excluding carboxylic acids is 2. The minimum absolute atomic E-state index is 0.0285. The van der Waals surface area contributed by atoms with Crippen molar-refractivity contribution in [3.8, 4) is 0 Å². The van der Waals surface area contributed by atoms with E-state index in [2.05, 4.69) is 4.98 Å². The lowest BCUT2D eigenvalue weighted by Gasteiger charge is -2.32. The van der Waals surface area contributed by atoms with Crippen molar-refractivity contribution < 1.29 is 23.9 Å². The molecule has 2 amide bonds. The maximum Gasteiger partial charge on any atom is 0.341 e. The molecule has 6 rings (SSSR count). The zero-order valence-electron chi connectivity index (χ0n) is 20.7. The number of aromatic carboxylic acids is 1. The van der Waals surface area contributed by atoms with E-state index in [4.69, 9.17) is 0 Å². The van der Waals surface area contributed by atoms with Crippen molar-refractivity contribution in [1.29, 1.82) is 0 Å². The summed E-state index contributed by atoms with van der Waals surface area (Å²) in [6.07, 6.45) is 4.45. The first-order valence-corrected chi connectivity index (χ1v) is 12.6. The second-order valence-corrected chi connectivity index (χ2v) is 10.1. The van der Waals surface area contributed by atoms with E-state index in [1.165, 1.54) is 11.1 Å². The maximum absolute atomic E-state index is 15.4. The summed E-state index contributed by atoms with van der Waals surface area (Å²) >= 11 is 0. The van der Waals surface area contributed by atoms with Crippen molar-refractivity contribution in [3.05, 3.63) is 80.4 Å². The number of nitrogens with zero attached hydrogens (tertiary/aromatic N) is 4. The molecule has 0 spiro atoms. The minimum atomic E-state index is -1.35. The van der Waals surface area contributed by atoms with E-state index >= 15 is 4.39 Å². The Hall–Kier alpha value is -4.34. The van der Waals surface area contributed by atoms with Crippen molar-refractivity contribution in [2.24, 2.45) is 0 Å². The molecule has 1 saturated heterocycles. The lowest BCUT2D eigenvalue weighted by atomic mass is 9.99. The Labute approximate surface area is 216 Å². The molecule has 1 N–H and O–H groups in total. The fraction of sp³-hybridized carbons (Fsp3) is 0.321. The van der Waals surface area contributed by atoms with E-state index in [-0.39, 0.29) is 41.3 Å². The Bertz CT molecular complexity index is 1600. The molecule has 0 unspecified atom stereocenters. The van der Waals surface area contributed by atoms with Crippen molar-refractivity contribution in [2.75, 3.05) is 24.5 Å². The van der Waals surface area contributed by atoms with Crippen LogP contribution >= 0.6 is 0 Å². The van der Waals surface area contributed by atoms with Crippen LogP contribution in [0.25, 0.3) is 11.0 Å². The minimum Gasteiger partial charge on any atom is -0.477 e. The van der Waals surface area contributed by atoms with Gasteiger partial charge >= 0.3 is 5.97 Å². The first kappa shape index (κ1) is 24.0. The van der Waals surface area contributed by atoms with Gasteiger partial charge in [-0.2, -0.15) is 0 Å². The monoisotopic (exact) mass is 516 g/mol. The fourth-order valence-electron chi connectivity index (χ4n) is 5.38. The average Bonchev–Trinajstić information content (AvgIpc) is 3.73. The molecule has 3 aliphatic rings. The largest absolute Gasteiger partial charge is 0.477 e. The van der Waals surface area contributed by atoms with Crippen LogP contribution in [0, 0.1) is 5.82 Å². The number of anilines is 1. The second-order valence-electron chi connectivity index (χ2n) is 10.1. The molecule has 2 aromatic heterocycles. The molecule has 4 heterocycles. The van der Waals surface area contributed by atoms with Gasteiger partial charge in [-0.3, -0.25) is 19.3 Å². The third-order valence-corrected chi connectivity index (χ3v) is 7.57. The van der Waals surface area contributed by atoms with Crippen molar-refractivity contribution in [2.45, 2.75) is 38.6 Å². The van der Waals surface area contributed by atoms with E-state index in [1.54, 1.807) is 33.7 Å². The van der Waals surface area contributed by atoms with Crippen LogP contribution in [0.2, 0.25) is 0 Å². The second kappa shape index (κ2) is 8.90. The molecule has 0 radical (unpaired) electrons. The van der Waals surface area contributed by atoms with E-state index in [9.17, 15) is 24.3 Å². The van der Waals surface area contributed by atoms with Crippen LogP contribution in [-0.4, -0.2) is 57.0 Å². The van der Waals surface area contributed by atoms with Crippen molar-refractivity contribution >= 4 is 34.6 Å². The van der Waals surface area contributed by atoms with Crippen LogP contribution in [0.4, 0.5) is 10.2 Å². The maximum atomic E-state index is 15.4. The van der Waals surface area contributed by atoms with E-state index < -0.39 is 22.8 Å². The van der Waals surface area contributed by atoms with Crippen LogP contribution in [0.1, 0.15) is 69.7 Å². The highest BCUT2D eigenvalue weighted by Gasteiger charge is 2.35. The van der Waals surface area contributed by atoms with Gasteiger partial charge in [0.05, 0.1) is 23.1 Å². The zero-order valence-corrected chi connectivity index (χ0v) is 20.7. The van der Waals surface area contributed by atoms with Gasteiger partial charge in [0.2, 0.25) is 5.43 Å². The molecule has 2 aliphatic heterocycles. The quantitative estimate of drug-likeness (QED) is 0.406. The van der Waals surface area contributed by atoms with Crippen molar-refractivity contribution in [3.63, 3.8) is 0 Å². The Morgan fingerprint density at radius 2 is 1.82 bits per heavy atom. The predicted octanol–water partition coefficient (Wildman–Crippen LogP) is 3.78. The summed E-state index contributed by atoms with van der Waals surface area (Å²) in [7, 11) is 0. The number of fused-ring (bicyclic) bond motifs is 2. The van der Waals surface area contributed by atoms with Gasteiger partial charge in [-0.05, 0) is 50.8 Å². The number of benzene rings is 1. The molecule has 194 valence electrons. The number of hydrogen-bond acceptors (Lipinski definition) is 6. The highest BCUT2D eigenvalue weighted by atomic mass is 19.1. The summed E-state index contributed by atoms with van der Waals surface area (Å²) in [4.78, 5) is 57.6. The summed E-state index contributed by atoms with van der Waals surface area (Å²) < 4.78 is 17.0. The SMILES string of the molecule is C/C(CN1C(=O)c2ccccc2C1=O)=C1\CCCN(c2nc3c(cc2F)c(=O)c(C(=O)O)cn3C2CC2)C1. The topological polar surface area (TPSA) is 113 Å². The van der Waals surface area contributed by atoms with Crippen LogP contribution < -0.4 is 10.3 Å². The first-order valence-electron chi connectivity index (χ1n) is 12.6. The number of amides is 2. The van der Waals surface area contributed by atoms with Crippen molar-refractivity contribution in [1.82, 2.24) is 14.5 Å². The van der Waals surface area contributed by atoms with Crippen LogP contribution in [0.5, 0.6) is 0 Å². The zero-order chi connectivity index (χ0) is 26.7. The van der Waals surface area contributed by atoms with Gasteiger partial charge in [-0.15, -0.1) is 0 Å². The number of pyridine rings is 2. The Morgan fingerprint density at radius 1 is 1.13 bits per heavy atom. The van der Waals surface area contributed by atoms with Crippen LogP contribution in [0.15, 0.2) is 52.5 Å². The molecule has 3 aromatic rings. The molecular weight excluding hydrogens is 491 g/mol. The van der Waals surface area contributed by atoms with Gasteiger partial charge in [-0.1, -0.05) is 23.3 Å². The molecule has 1 aromatic carbocycles. The van der Waals surface area contributed by atoms with Gasteiger partial charge < -0.3 is 14.6 Å². The Morgan fingerprint density at radius 3 is 2.45 bits per heavy atom. The summed E-state index contributed by atoms with van der Waals surface area (Å²) in [5, 5.41) is 9.41. The van der Waals surface area contributed by atoms with Crippen LogP contribution in [-0.2, 0) is 0 Å². The van der Waals surface area contributed by atoms with Gasteiger partial charge in [-0.25, -0.2) is 14.2 Å². The number of imide groups is 1. The number of carboxylic acid groups (broad SMARTS) is 1. The number of carboxylic acids is 1. The van der Waals surface area contributed by atoms with Gasteiger partial charge in [0.15, 0.2) is 11.6 Å². The summed E-state index contributed by atoms with van der Waals surface area (Å²) in [5.41, 5.74) is 1.79. The summed E-state index contributed by atoms with van der Waals surface area (Å²) in [6.45, 7) is 2.94. The molecule has 38 heavy (non-hydrogen) atoms. The third-order valence-electron chi connectivity index (χ3n) is 7.57. The molecular formula is C28H25FN4O5. The number of halogens is 1. The number of rotatable bonds is 5.